The van der Waals surface area contributed by atoms with Crippen LogP contribution in [0.25, 0.3) is 11.4 Å². The van der Waals surface area contributed by atoms with E-state index < -0.39 is 0 Å². The number of ether oxygens (including phenoxy) is 1. The quantitative estimate of drug-likeness (QED) is 0.554. The zero-order chi connectivity index (χ0) is 19.9. The number of halogens is 1. The van der Waals surface area contributed by atoms with Crippen molar-refractivity contribution < 1.29 is 9.53 Å². The predicted octanol–water partition coefficient (Wildman–Crippen LogP) is 4.14. The molecule has 1 aromatic carbocycles. The van der Waals surface area contributed by atoms with Crippen LogP contribution in [0.5, 0.6) is 5.75 Å². The van der Waals surface area contributed by atoms with Crippen molar-refractivity contribution in [3.63, 3.8) is 0 Å². The molecule has 0 bridgehead atoms. The van der Waals surface area contributed by atoms with Crippen LogP contribution in [0.3, 0.4) is 0 Å². The Balaban J connectivity index is 1.71. The summed E-state index contributed by atoms with van der Waals surface area (Å²) < 4.78 is 7.28. The number of hydrogen-bond acceptors (Lipinski definition) is 6. The Bertz CT molecular complexity index is 949. The van der Waals surface area contributed by atoms with Gasteiger partial charge in [-0.25, -0.2) is 0 Å². The summed E-state index contributed by atoms with van der Waals surface area (Å²) in [5.41, 5.74) is 1.48. The van der Waals surface area contributed by atoms with Gasteiger partial charge in [0.25, 0.3) is 0 Å². The van der Waals surface area contributed by atoms with Gasteiger partial charge in [-0.2, -0.15) is 0 Å². The fraction of sp³-hybridized carbons (Fsp3) is 0.263. The summed E-state index contributed by atoms with van der Waals surface area (Å²) in [6.07, 6.45) is 4.37. The maximum atomic E-state index is 12.4. The van der Waals surface area contributed by atoms with Crippen LogP contribution in [0, 0.1) is 0 Å². The summed E-state index contributed by atoms with van der Waals surface area (Å²) in [5.74, 6) is 1.33. The third-order valence-corrected chi connectivity index (χ3v) is 5.07. The van der Waals surface area contributed by atoms with Crippen LogP contribution >= 0.6 is 23.4 Å². The van der Waals surface area contributed by atoms with Crippen LogP contribution in [0.15, 0.2) is 47.9 Å². The summed E-state index contributed by atoms with van der Waals surface area (Å²) >= 11 is 7.34. The molecule has 7 nitrogen and oxygen atoms in total. The fourth-order valence-electron chi connectivity index (χ4n) is 2.63. The van der Waals surface area contributed by atoms with Crippen LogP contribution in [-0.2, 0) is 11.3 Å². The number of thioether (sulfide) groups is 1. The molecule has 1 amide bonds. The molecule has 0 aliphatic heterocycles. The summed E-state index contributed by atoms with van der Waals surface area (Å²) in [6.45, 7) is 2.85. The molecule has 3 aromatic rings. The zero-order valence-corrected chi connectivity index (χ0v) is 17.1. The molecule has 0 aliphatic carbocycles. The number of amides is 1. The SMILES string of the molecule is CCCn1c(SCC(=O)Nc2cc(Cl)ccc2OC)nnc1-c1ccncc1. The molecular weight excluding hydrogens is 398 g/mol. The number of rotatable bonds is 8. The molecule has 2 heterocycles. The summed E-state index contributed by atoms with van der Waals surface area (Å²) in [4.78, 5) is 16.5. The Labute approximate surface area is 172 Å². The first-order valence-electron chi connectivity index (χ1n) is 8.72. The third-order valence-electron chi connectivity index (χ3n) is 3.87. The molecule has 28 heavy (non-hydrogen) atoms. The van der Waals surface area contributed by atoms with Gasteiger partial charge in [0, 0.05) is 29.5 Å². The molecule has 0 aliphatic rings. The Hall–Kier alpha value is -2.58. The number of anilines is 1. The maximum Gasteiger partial charge on any atom is 0.234 e. The number of carbonyl (C=O) groups excluding carboxylic acids is 1. The second kappa shape index (κ2) is 9.57. The first kappa shape index (κ1) is 20.2. The number of pyridine rings is 1. The van der Waals surface area contributed by atoms with Gasteiger partial charge in [-0.3, -0.25) is 9.78 Å². The lowest BCUT2D eigenvalue weighted by Gasteiger charge is -2.11. The van der Waals surface area contributed by atoms with E-state index in [1.165, 1.54) is 11.8 Å². The van der Waals surface area contributed by atoms with Crippen molar-refractivity contribution in [2.24, 2.45) is 0 Å². The van der Waals surface area contributed by atoms with E-state index in [4.69, 9.17) is 16.3 Å². The standard InChI is InChI=1S/C19H20ClN5O2S/c1-3-10-25-18(13-6-8-21-9-7-13)23-24-19(25)28-12-17(26)22-15-11-14(20)4-5-16(15)27-2/h4-9,11H,3,10,12H2,1-2H3,(H,22,26). The molecule has 0 spiro atoms. The second-order valence-electron chi connectivity index (χ2n) is 5.88. The van der Waals surface area contributed by atoms with Crippen molar-refractivity contribution in [1.82, 2.24) is 19.7 Å². The van der Waals surface area contributed by atoms with E-state index in [1.54, 1.807) is 37.7 Å². The summed E-state index contributed by atoms with van der Waals surface area (Å²) in [6, 6.07) is 8.86. The van der Waals surface area contributed by atoms with E-state index in [0.29, 0.717) is 21.6 Å². The highest BCUT2D eigenvalue weighted by molar-refractivity contribution is 7.99. The average Bonchev–Trinajstić information content (AvgIpc) is 3.10. The van der Waals surface area contributed by atoms with Crippen LogP contribution in [-0.4, -0.2) is 38.5 Å². The van der Waals surface area contributed by atoms with Gasteiger partial charge in [0.1, 0.15) is 5.75 Å². The highest BCUT2D eigenvalue weighted by Crippen LogP contribution is 2.28. The highest BCUT2D eigenvalue weighted by Gasteiger charge is 2.16. The molecule has 0 fully saturated rings. The summed E-state index contributed by atoms with van der Waals surface area (Å²) in [5, 5.41) is 12.6. The van der Waals surface area contributed by atoms with Crippen molar-refractivity contribution in [2.75, 3.05) is 18.2 Å². The lowest BCUT2D eigenvalue weighted by Crippen LogP contribution is -2.15. The average molecular weight is 418 g/mol. The monoisotopic (exact) mass is 417 g/mol. The Kier molecular flexibility index (Phi) is 6.89. The minimum atomic E-state index is -0.179. The van der Waals surface area contributed by atoms with Gasteiger partial charge in [-0.1, -0.05) is 30.3 Å². The number of nitrogens with one attached hydrogen (secondary N) is 1. The molecule has 146 valence electrons. The Morgan fingerprint density at radius 1 is 1.25 bits per heavy atom. The molecule has 0 unspecified atom stereocenters. The number of hydrogen-bond donors (Lipinski definition) is 1. The van der Waals surface area contributed by atoms with E-state index in [-0.39, 0.29) is 11.7 Å². The largest absolute Gasteiger partial charge is 0.495 e. The van der Waals surface area contributed by atoms with Gasteiger partial charge in [0.05, 0.1) is 18.6 Å². The Morgan fingerprint density at radius 2 is 2.04 bits per heavy atom. The van der Waals surface area contributed by atoms with E-state index in [0.717, 1.165) is 24.4 Å². The first-order valence-corrected chi connectivity index (χ1v) is 10.1. The van der Waals surface area contributed by atoms with Gasteiger partial charge in [0.2, 0.25) is 5.91 Å². The minimum absolute atomic E-state index is 0.179. The number of aromatic nitrogens is 4. The van der Waals surface area contributed by atoms with Gasteiger partial charge in [-0.05, 0) is 36.8 Å². The van der Waals surface area contributed by atoms with Crippen molar-refractivity contribution in [1.29, 1.82) is 0 Å². The number of methoxy groups -OCH3 is 1. The van der Waals surface area contributed by atoms with Crippen LogP contribution < -0.4 is 10.1 Å². The topological polar surface area (TPSA) is 81.9 Å². The molecule has 9 heteroatoms. The van der Waals surface area contributed by atoms with E-state index in [1.807, 2.05) is 16.7 Å². The lowest BCUT2D eigenvalue weighted by molar-refractivity contribution is -0.113. The first-order chi connectivity index (χ1) is 13.6. The summed E-state index contributed by atoms with van der Waals surface area (Å²) in [7, 11) is 1.54. The van der Waals surface area contributed by atoms with E-state index in [9.17, 15) is 4.79 Å². The molecule has 2 aromatic heterocycles. The number of nitrogens with zero attached hydrogens (tertiary/aromatic N) is 4. The van der Waals surface area contributed by atoms with E-state index >= 15 is 0 Å². The molecular formula is C19H20ClN5O2S. The van der Waals surface area contributed by atoms with Gasteiger partial charge >= 0.3 is 0 Å². The van der Waals surface area contributed by atoms with Crippen molar-refractivity contribution in [3.05, 3.63) is 47.7 Å². The molecule has 0 saturated heterocycles. The lowest BCUT2D eigenvalue weighted by atomic mass is 10.2. The molecule has 3 rings (SSSR count). The fourth-order valence-corrected chi connectivity index (χ4v) is 3.57. The molecule has 0 radical (unpaired) electrons. The van der Waals surface area contributed by atoms with Crippen molar-refractivity contribution in [2.45, 2.75) is 25.0 Å². The van der Waals surface area contributed by atoms with Gasteiger partial charge in [0.15, 0.2) is 11.0 Å². The second-order valence-corrected chi connectivity index (χ2v) is 7.25. The minimum Gasteiger partial charge on any atom is -0.495 e. The van der Waals surface area contributed by atoms with Gasteiger partial charge in [-0.15, -0.1) is 10.2 Å². The smallest absolute Gasteiger partial charge is 0.234 e. The predicted molar refractivity (Wildman–Crippen MR) is 111 cm³/mol. The maximum absolute atomic E-state index is 12.4. The number of benzene rings is 1. The molecule has 0 saturated carbocycles. The normalized spacial score (nSPS) is 10.7. The van der Waals surface area contributed by atoms with Crippen LogP contribution in [0.1, 0.15) is 13.3 Å². The number of carbonyl (C=O) groups is 1. The van der Waals surface area contributed by atoms with Crippen LogP contribution in [0.4, 0.5) is 5.69 Å². The Morgan fingerprint density at radius 3 is 2.75 bits per heavy atom. The van der Waals surface area contributed by atoms with Crippen molar-refractivity contribution >= 4 is 35.0 Å². The zero-order valence-electron chi connectivity index (χ0n) is 15.6. The van der Waals surface area contributed by atoms with Crippen molar-refractivity contribution in [3.8, 4) is 17.1 Å². The molecule has 0 atom stereocenters. The third kappa shape index (κ3) is 4.82. The van der Waals surface area contributed by atoms with Crippen LogP contribution in [0.2, 0.25) is 5.02 Å². The van der Waals surface area contributed by atoms with Gasteiger partial charge < -0.3 is 14.6 Å². The highest BCUT2D eigenvalue weighted by atomic mass is 35.5. The molecule has 1 N–H and O–H groups in total. The van der Waals surface area contributed by atoms with E-state index in [2.05, 4.69) is 27.4 Å².